The molecule has 0 bridgehead atoms. The normalized spacial score (nSPS) is 26.0. The molecule has 2 atom stereocenters. The second kappa shape index (κ2) is 10.5. The van der Waals surface area contributed by atoms with Crippen LogP contribution in [0, 0.1) is 5.92 Å². The third-order valence-electron chi connectivity index (χ3n) is 4.71. The number of aliphatic imine (C=N–C) groups is 1. The molecule has 0 radical (unpaired) electrons. The van der Waals surface area contributed by atoms with Crippen LogP contribution in [0.3, 0.4) is 0 Å². The Hall–Kier alpha value is -0.340. The summed E-state index contributed by atoms with van der Waals surface area (Å²) in [6, 6.07) is 1.10. The molecule has 0 spiro atoms. The summed E-state index contributed by atoms with van der Waals surface area (Å²) >= 11 is 0. The van der Waals surface area contributed by atoms with E-state index in [9.17, 15) is 0 Å². The maximum absolute atomic E-state index is 5.34. The predicted molar refractivity (Wildman–Crippen MR) is 108 cm³/mol. The Balaban J connectivity index is 0.00000264. The molecule has 0 aliphatic carbocycles. The Morgan fingerprint density at radius 3 is 2.78 bits per heavy atom. The second-order valence-electron chi connectivity index (χ2n) is 6.71. The molecule has 23 heavy (non-hydrogen) atoms. The number of likely N-dealkylation sites (tertiary alicyclic amines) is 1. The molecule has 2 rings (SSSR count). The van der Waals surface area contributed by atoms with Crippen LogP contribution in [0.2, 0.25) is 0 Å². The summed E-state index contributed by atoms with van der Waals surface area (Å²) < 4.78 is 5.34. The number of halogens is 1. The fraction of sp³-hybridized carbons (Fsp3) is 0.824. The number of nitrogens with zero attached hydrogens (tertiary/aromatic N) is 2. The molecule has 2 aliphatic heterocycles. The van der Waals surface area contributed by atoms with Gasteiger partial charge in [0.15, 0.2) is 5.96 Å². The average molecular weight is 436 g/mol. The zero-order chi connectivity index (χ0) is 15.9. The van der Waals surface area contributed by atoms with E-state index in [2.05, 4.69) is 47.4 Å². The van der Waals surface area contributed by atoms with Crippen LogP contribution < -0.4 is 10.6 Å². The molecule has 6 heteroatoms. The lowest BCUT2D eigenvalue weighted by atomic mass is 10.1. The third-order valence-corrected chi connectivity index (χ3v) is 4.71. The van der Waals surface area contributed by atoms with E-state index in [0.29, 0.717) is 18.0 Å². The van der Waals surface area contributed by atoms with Crippen molar-refractivity contribution < 1.29 is 4.74 Å². The molecular formula is C17H33IN4O. The van der Waals surface area contributed by atoms with Crippen LogP contribution in [0.25, 0.3) is 0 Å². The number of hydrogen-bond acceptors (Lipinski definition) is 3. The van der Waals surface area contributed by atoms with Crippen LogP contribution in [-0.2, 0) is 4.74 Å². The number of guanidine groups is 1. The van der Waals surface area contributed by atoms with Crippen molar-refractivity contribution >= 4 is 29.9 Å². The summed E-state index contributed by atoms with van der Waals surface area (Å²) in [4.78, 5) is 6.90. The summed E-state index contributed by atoms with van der Waals surface area (Å²) in [7, 11) is 1.85. The Morgan fingerprint density at radius 2 is 2.22 bits per heavy atom. The van der Waals surface area contributed by atoms with Crippen molar-refractivity contribution in [3.8, 4) is 0 Å². The fourth-order valence-electron chi connectivity index (χ4n) is 3.12. The highest BCUT2D eigenvalue weighted by molar-refractivity contribution is 14.0. The lowest BCUT2D eigenvalue weighted by Gasteiger charge is -2.22. The summed E-state index contributed by atoms with van der Waals surface area (Å²) in [5, 5.41) is 7.04. The Bertz CT molecular complexity index is 411. The molecule has 0 amide bonds. The lowest BCUT2D eigenvalue weighted by Crippen LogP contribution is -2.47. The molecule has 134 valence electrons. The molecule has 2 aliphatic rings. The van der Waals surface area contributed by atoms with Crippen LogP contribution >= 0.6 is 24.0 Å². The van der Waals surface area contributed by atoms with Gasteiger partial charge in [-0.2, -0.15) is 0 Å². The molecule has 2 heterocycles. The summed E-state index contributed by atoms with van der Waals surface area (Å²) in [5.74, 6) is 1.58. The van der Waals surface area contributed by atoms with Crippen molar-refractivity contribution in [2.24, 2.45) is 10.9 Å². The van der Waals surface area contributed by atoms with Crippen molar-refractivity contribution in [1.82, 2.24) is 15.5 Å². The minimum Gasteiger partial charge on any atom is -0.377 e. The van der Waals surface area contributed by atoms with Crippen molar-refractivity contribution in [3.05, 3.63) is 11.6 Å². The quantitative estimate of drug-likeness (QED) is 0.301. The highest BCUT2D eigenvalue weighted by Gasteiger charge is 2.31. The molecule has 1 saturated heterocycles. The van der Waals surface area contributed by atoms with Crippen LogP contribution in [0.1, 0.15) is 33.6 Å². The SMILES string of the molecule is CN=C(NCCC1=CCOCC1)NC1CN(C(C)C)CC1C.I. The van der Waals surface area contributed by atoms with Gasteiger partial charge in [-0.15, -0.1) is 24.0 Å². The van der Waals surface area contributed by atoms with Crippen molar-refractivity contribution in [2.75, 3.05) is 39.9 Å². The van der Waals surface area contributed by atoms with Gasteiger partial charge in [-0.1, -0.05) is 18.6 Å². The zero-order valence-corrected chi connectivity index (χ0v) is 17.3. The molecule has 2 N–H and O–H groups in total. The van der Waals surface area contributed by atoms with Crippen molar-refractivity contribution in [2.45, 2.75) is 45.7 Å². The van der Waals surface area contributed by atoms with Gasteiger partial charge in [-0.05, 0) is 32.6 Å². The standard InChI is InChI=1S/C17H32N4O.HI/c1-13(2)21-11-14(3)16(12-21)20-17(18-4)19-8-5-15-6-9-22-10-7-15;/h6,13-14,16H,5,7-12H2,1-4H3,(H2,18,19,20);1H. The predicted octanol–water partition coefficient (Wildman–Crippen LogP) is 2.23. The van der Waals surface area contributed by atoms with Gasteiger partial charge >= 0.3 is 0 Å². The first-order valence-corrected chi connectivity index (χ1v) is 8.57. The topological polar surface area (TPSA) is 48.9 Å². The molecule has 0 saturated carbocycles. The number of nitrogens with one attached hydrogen (secondary N) is 2. The van der Waals surface area contributed by atoms with Crippen molar-refractivity contribution in [1.29, 1.82) is 0 Å². The van der Waals surface area contributed by atoms with Gasteiger partial charge in [0.2, 0.25) is 0 Å². The van der Waals surface area contributed by atoms with E-state index in [4.69, 9.17) is 4.74 Å². The van der Waals surface area contributed by atoms with Gasteiger partial charge in [0.25, 0.3) is 0 Å². The van der Waals surface area contributed by atoms with Crippen LogP contribution in [-0.4, -0.2) is 62.8 Å². The molecular weight excluding hydrogens is 403 g/mol. The minimum absolute atomic E-state index is 0. The first-order valence-electron chi connectivity index (χ1n) is 8.57. The average Bonchev–Trinajstić information content (AvgIpc) is 2.88. The van der Waals surface area contributed by atoms with Gasteiger partial charge < -0.3 is 15.4 Å². The molecule has 0 aromatic carbocycles. The Kier molecular flexibility index (Phi) is 9.46. The minimum atomic E-state index is 0. The lowest BCUT2D eigenvalue weighted by molar-refractivity contribution is 0.153. The zero-order valence-electron chi connectivity index (χ0n) is 15.0. The van der Waals surface area contributed by atoms with Gasteiger partial charge in [0, 0.05) is 38.8 Å². The summed E-state index contributed by atoms with van der Waals surface area (Å²) in [6.07, 6.45) is 4.35. The maximum Gasteiger partial charge on any atom is 0.191 e. The first-order chi connectivity index (χ1) is 10.6. The highest BCUT2D eigenvalue weighted by atomic mass is 127. The Morgan fingerprint density at radius 1 is 1.43 bits per heavy atom. The molecule has 2 unspecified atom stereocenters. The number of hydrogen-bond donors (Lipinski definition) is 2. The van der Waals surface area contributed by atoms with E-state index in [1.54, 1.807) is 0 Å². The fourth-order valence-corrected chi connectivity index (χ4v) is 3.12. The van der Waals surface area contributed by atoms with Crippen molar-refractivity contribution in [3.63, 3.8) is 0 Å². The third kappa shape index (κ3) is 6.58. The molecule has 5 nitrogen and oxygen atoms in total. The molecule has 0 aromatic heterocycles. The summed E-state index contributed by atoms with van der Waals surface area (Å²) in [5.41, 5.74) is 1.49. The van der Waals surface area contributed by atoms with E-state index < -0.39 is 0 Å². The second-order valence-corrected chi connectivity index (χ2v) is 6.71. The van der Waals surface area contributed by atoms with E-state index in [-0.39, 0.29) is 24.0 Å². The van der Waals surface area contributed by atoms with Crippen LogP contribution in [0.15, 0.2) is 16.6 Å². The van der Waals surface area contributed by atoms with E-state index >= 15 is 0 Å². The molecule has 1 fully saturated rings. The van der Waals surface area contributed by atoms with Crippen LogP contribution in [0.5, 0.6) is 0 Å². The summed E-state index contributed by atoms with van der Waals surface area (Å²) in [6.45, 7) is 11.7. The number of ether oxygens (including phenoxy) is 1. The largest absolute Gasteiger partial charge is 0.377 e. The number of rotatable bonds is 5. The monoisotopic (exact) mass is 436 g/mol. The molecule has 0 aromatic rings. The van der Waals surface area contributed by atoms with Gasteiger partial charge in [0.05, 0.1) is 13.2 Å². The van der Waals surface area contributed by atoms with Crippen LogP contribution in [0.4, 0.5) is 0 Å². The van der Waals surface area contributed by atoms with E-state index in [0.717, 1.165) is 45.1 Å². The van der Waals surface area contributed by atoms with Gasteiger partial charge in [0.1, 0.15) is 0 Å². The highest BCUT2D eigenvalue weighted by Crippen LogP contribution is 2.18. The maximum atomic E-state index is 5.34. The first kappa shape index (κ1) is 20.7. The van der Waals surface area contributed by atoms with Gasteiger partial charge in [-0.25, -0.2) is 0 Å². The van der Waals surface area contributed by atoms with Gasteiger partial charge in [-0.3, -0.25) is 9.89 Å². The smallest absolute Gasteiger partial charge is 0.191 e. The van der Waals surface area contributed by atoms with E-state index in [1.165, 1.54) is 12.1 Å². The Labute approximate surface area is 158 Å². The van der Waals surface area contributed by atoms with E-state index in [1.807, 2.05) is 7.05 Å².